The van der Waals surface area contributed by atoms with Crippen LogP contribution < -0.4 is 10.1 Å². The number of nitrogens with one attached hydrogen (secondary N) is 1. The molecule has 0 saturated carbocycles. The number of hydrogen-bond acceptors (Lipinski definition) is 4. The van der Waals surface area contributed by atoms with Gasteiger partial charge in [0, 0.05) is 30.9 Å². The molecule has 2 aromatic heterocycles. The number of benzene rings is 1. The van der Waals surface area contributed by atoms with E-state index in [1.165, 1.54) is 0 Å². The number of carbonyl (C=O) groups is 1. The maximum atomic E-state index is 12.4. The van der Waals surface area contributed by atoms with Crippen molar-refractivity contribution < 1.29 is 9.53 Å². The van der Waals surface area contributed by atoms with Gasteiger partial charge in [0.1, 0.15) is 11.4 Å². The fourth-order valence-electron chi connectivity index (χ4n) is 3.33. The van der Waals surface area contributed by atoms with Crippen molar-refractivity contribution in [3.05, 3.63) is 59.2 Å². The van der Waals surface area contributed by atoms with Crippen molar-refractivity contribution in [2.24, 2.45) is 7.05 Å². The summed E-state index contributed by atoms with van der Waals surface area (Å²) in [6.07, 6.45) is 4.80. The maximum absolute atomic E-state index is 12.4. The minimum absolute atomic E-state index is 0.0141. The highest BCUT2D eigenvalue weighted by atomic mass is 16.5. The third-order valence-electron chi connectivity index (χ3n) is 5.07. The number of aromatic nitrogens is 4. The summed E-state index contributed by atoms with van der Waals surface area (Å²) in [6, 6.07) is 7.56. The van der Waals surface area contributed by atoms with E-state index in [1.54, 1.807) is 18.0 Å². The van der Waals surface area contributed by atoms with Gasteiger partial charge in [-0.2, -0.15) is 10.2 Å². The Labute approximate surface area is 165 Å². The highest BCUT2D eigenvalue weighted by Gasteiger charge is 2.15. The summed E-state index contributed by atoms with van der Waals surface area (Å²) >= 11 is 0. The van der Waals surface area contributed by atoms with Crippen LogP contribution >= 0.6 is 0 Å². The minimum Gasteiger partial charge on any atom is -0.494 e. The van der Waals surface area contributed by atoms with Crippen molar-refractivity contribution in [2.75, 3.05) is 7.11 Å². The summed E-state index contributed by atoms with van der Waals surface area (Å²) < 4.78 is 9.01. The molecular weight excluding hydrogens is 354 g/mol. The van der Waals surface area contributed by atoms with Gasteiger partial charge in [-0.05, 0) is 44.9 Å². The molecule has 0 aliphatic carbocycles. The van der Waals surface area contributed by atoms with Gasteiger partial charge in [0.2, 0.25) is 5.91 Å². The Hall–Kier alpha value is -3.09. The van der Waals surface area contributed by atoms with Gasteiger partial charge in [-0.15, -0.1) is 0 Å². The highest BCUT2D eigenvalue weighted by molar-refractivity contribution is 5.76. The number of methoxy groups -OCH3 is 1. The van der Waals surface area contributed by atoms with Crippen LogP contribution in [0.1, 0.15) is 41.9 Å². The van der Waals surface area contributed by atoms with E-state index in [0.29, 0.717) is 12.8 Å². The lowest BCUT2D eigenvalue weighted by Gasteiger charge is -2.12. The van der Waals surface area contributed by atoms with Crippen molar-refractivity contribution in [1.29, 1.82) is 0 Å². The van der Waals surface area contributed by atoms with E-state index in [9.17, 15) is 4.79 Å². The molecule has 0 aliphatic rings. The summed E-state index contributed by atoms with van der Waals surface area (Å²) in [5.74, 6) is 0.760. The van der Waals surface area contributed by atoms with Gasteiger partial charge in [-0.25, -0.2) is 4.68 Å². The lowest BCUT2D eigenvalue weighted by atomic mass is 10.1. The van der Waals surface area contributed by atoms with Crippen LogP contribution in [0.15, 0.2) is 36.7 Å². The van der Waals surface area contributed by atoms with Gasteiger partial charge in [-0.3, -0.25) is 9.48 Å². The first-order valence-electron chi connectivity index (χ1n) is 9.37. The van der Waals surface area contributed by atoms with E-state index in [4.69, 9.17) is 4.74 Å². The van der Waals surface area contributed by atoms with Crippen LogP contribution in [0.25, 0.3) is 5.69 Å². The topological polar surface area (TPSA) is 74.0 Å². The number of nitrogens with zero attached hydrogens (tertiary/aromatic N) is 4. The molecule has 3 aromatic rings. The van der Waals surface area contributed by atoms with Crippen molar-refractivity contribution in [3.8, 4) is 11.4 Å². The zero-order valence-electron chi connectivity index (χ0n) is 17.1. The Kier molecular flexibility index (Phi) is 5.82. The van der Waals surface area contributed by atoms with Crippen LogP contribution in [-0.2, 0) is 18.3 Å². The van der Waals surface area contributed by atoms with Crippen molar-refractivity contribution in [3.63, 3.8) is 0 Å². The van der Waals surface area contributed by atoms with Gasteiger partial charge in [-0.1, -0.05) is 12.1 Å². The van der Waals surface area contributed by atoms with E-state index in [1.807, 2.05) is 63.0 Å². The first kappa shape index (κ1) is 19.7. The first-order chi connectivity index (χ1) is 13.4. The molecule has 7 heteroatoms. The van der Waals surface area contributed by atoms with Gasteiger partial charge >= 0.3 is 0 Å². The normalized spacial score (nSPS) is 12.0. The monoisotopic (exact) mass is 381 g/mol. The average Bonchev–Trinajstić information content (AvgIpc) is 3.26. The lowest BCUT2D eigenvalue weighted by Crippen LogP contribution is -2.26. The molecule has 0 bridgehead atoms. The largest absolute Gasteiger partial charge is 0.494 e. The van der Waals surface area contributed by atoms with Crippen LogP contribution in [0.2, 0.25) is 0 Å². The Morgan fingerprint density at radius 1 is 1.29 bits per heavy atom. The SMILES string of the molecule is COc1ccccc1-n1cc([C@H](C)NC(=O)CCc2c(C)nn(C)c2C)cn1. The highest BCUT2D eigenvalue weighted by Crippen LogP contribution is 2.23. The summed E-state index contributed by atoms with van der Waals surface area (Å²) in [5.41, 5.74) is 5.04. The van der Waals surface area contributed by atoms with Crippen molar-refractivity contribution in [2.45, 2.75) is 39.7 Å². The fraction of sp³-hybridized carbons (Fsp3) is 0.381. The zero-order chi connectivity index (χ0) is 20.3. The van der Waals surface area contributed by atoms with Crippen LogP contribution in [0.4, 0.5) is 0 Å². The first-order valence-corrected chi connectivity index (χ1v) is 9.37. The lowest BCUT2D eigenvalue weighted by molar-refractivity contribution is -0.121. The molecule has 2 heterocycles. The predicted molar refractivity (Wildman–Crippen MR) is 108 cm³/mol. The van der Waals surface area contributed by atoms with Crippen LogP contribution in [-0.4, -0.2) is 32.6 Å². The van der Waals surface area contributed by atoms with Gasteiger partial charge in [0.25, 0.3) is 0 Å². The van der Waals surface area contributed by atoms with Gasteiger partial charge in [0.05, 0.1) is 25.0 Å². The third-order valence-corrected chi connectivity index (χ3v) is 5.07. The smallest absolute Gasteiger partial charge is 0.220 e. The predicted octanol–water partition coefficient (Wildman–Crippen LogP) is 3.04. The summed E-state index contributed by atoms with van der Waals surface area (Å²) in [6.45, 7) is 5.97. The Bertz CT molecular complexity index is 973. The molecule has 3 rings (SSSR count). The third kappa shape index (κ3) is 4.08. The molecule has 148 valence electrons. The Morgan fingerprint density at radius 3 is 2.71 bits per heavy atom. The standard InChI is InChI=1S/C21H27N5O2/c1-14(23-21(27)11-10-18-15(2)24-25(4)16(18)3)17-12-22-26(13-17)19-8-6-7-9-20(19)28-5/h6-9,12-14H,10-11H2,1-5H3,(H,23,27)/t14-/m0/s1. The summed E-state index contributed by atoms with van der Waals surface area (Å²) in [7, 11) is 3.56. The number of ether oxygens (including phenoxy) is 1. The van der Waals surface area contributed by atoms with E-state index in [2.05, 4.69) is 15.5 Å². The molecule has 1 aromatic carbocycles. The van der Waals surface area contributed by atoms with E-state index in [0.717, 1.165) is 34.0 Å². The molecule has 28 heavy (non-hydrogen) atoms. The Morgan fingerprint density at radius 2 is 2.04 bits per heavy atom. The van der Waals surface area contributed by atoms with Crippen molar-refractivity contribution in [1.82, 2.24) is 24.9 Å². The molecule has 0 unspecified atom stereocenters. The molecule has 7 nitrogen and oxygen atoms in total. The van der Waals surface area contributed by atoms with Gasteiger partial charge < -0.3 is 10.1 Å². The molecule has 0 aliphatic heterocycles. The molecule has 0 spiro atoms. The van der Waals surface area contributed by atoms with Gasteiger partial charge in [0.15, 0.2) is 0 Å². The zero-order valence-corrected chi connectivity index (χ0v) is 17.1. The molecule has 1 atom stereocenters. The molecule has 0 radical (unpaired) electrons. The summed E-state index contributed by atoms with van der Waals surface area (Å²) in [4.78, 5) is 12.4. The average molecular weight is 381 g/mol. The minimum atomic E-state index is -0.132. The number of aryl methyl sites for hydroxylation is 2. The van der Waals surface area contributed by atoms with E-state index in [-0.39, 0.29) is 11.9 Å². The number of para-hydroxylation sites is 2. The number of carbonyl (C=O) groups excluding carboxylic acids is 1. The quantitative estimate of drug-likeness (QED) is 0.683. The Balaban J connectivity index is 1.62. The maximum Gasteiger partial charge on any atom is 0.220 e. The summed E-state index contributed by atoms with van der Waals surface area (Å²) in [5, 5.41) is 11.9. The number of hydrogen-bond donors (Lipinski definition) is 1. The molecular formula is C21H27N5O2. The molecule has 0 saturated heterocycles. The molecule has 1 N–H and O–H groups in total. The van der Waals surface area contributed by atoms with Crippen LogP contribution in [0, 0.1) is 13.8 Å². The van der Waals surface area contributed by atoms with Crippen LogP contribution in [0.5, 0.6) is 5.75 Å². The number of amides is 1. The second kappa shape index (κ2) is 8.29. The second-order valence-corrected chi connectivity index (χ2v) is 6.95. The fourth-order valence-corrected chi connectivity index (χ4v) is 3.33. The molecule has 1 amide bonds. The van der Waals surface area contributed by atoms with E-state index < -0.39 is 0 Å². The second-order valence-electron chi connectivity index (χ2n) is 6.95. The van der Waals surface area contributed by atoms with Crippen molar-refractivity contribution >= 4 is 5.91 Å². The number of rotatable bonds is 7. The molecule has 0 fully saturated rings. The van der Waals surface area contributed by atoms with Crippen LogP contribution in [0.3, 0.4) is 0 Å². The van der Waals surface area contributed by atoms with E-state index >= 15 is 0 Å².